The molecule has 14 atom stereocenters. The lowest BCUT2D eigenvalue weighted by Crippen LogP contribution is -2.63. The zero-order chi connectivity index (χ0) is 25.4. The van der Waals surface area contributed by atoms with Gasteiger partial charge in [-0.2, -0.15) is 0 Å². The van der Waals surface area contributed by atoms with Crippen molar-refractivity contribution < 1.29 is 79.9 Å². The van der Waals surface area contributed by atoms with Gasteiger partial charge in [0, 0.05) is 0 Å². The summed E-state index contributed by atoms with van der Waals surface area (Å²) in [6, 6.07) is 0. The lowest BCUT2D eigenvalue weighted by molar-refractivity contribution is -0.397. The van der Waals surface area contributed by atoms with Gasteiger partial charge in [0.25, 0.3) is 0 Å². The fraction of sp³-hybridized carbons (Fsp3) is 1.00. The number of ether oxygens (including phenoxy) is 5. The highest BCUT2D eigenvalue weighted by Crippen LogP contribution is 2.37. The van der Waals surface area contributed by atoms with Gasteiger partial charge in [0.2, 0.25) is 5.79 Å². The molecule has 3 rings (SSSR count). The molecule has 3 saturated heterocycles. The first kappa shape index (κ1) is 27.9. The Morgan fingerprint density at radius 3 is 1.50 bits per heavy atom. The molecular formula is C18H32O16. The summed E-state index contributed by atoms with van der Waals surface area (Å²) in [5.41, 5.74) is 0. The van der Waals surface area contributed by atoms with Gasteiger partial charge in [0.15, 0.2) is 12.6 Å². The molecule has 34 heavy (non-hydrogen) atoms. The molecule has 3 heterocycles. The zero-order valence-corrected chi connectivity index (χ0v) is 17.8. The Labute approximate surface area is 192 Å². The third-order valence-corrected chi connectivity index (χ3v) is 6.15. The van der Waals surface area contributed by atoms with E-state index < -0.39 is 112 Å². The Balaban J connectivity index is 1.82. The van der Waals surface area contributed by atoms with Crippen LogP contribution in [0.15, 0.2) is 0 Å². The van der Waals surface area contributed by atoms with Crippen LogP contribution in [0.4, 0.5) is 0 Å². The molecule has 200 valence electrons. The zero-order valence-electron chi connectivity index (χ0n) is 17.8. The summed E-state index contributed by atoms with van der Waals surface area (Å²) in [7, 11) is 0. The highest BCUT2D eigenvalue weighted by atomic mass is 16.8. The molecule has 0 unspecified atom stereocenters. The van der Waals surface area contributed by atoms with Crippen LogP contribution in [0.5, 0.6) is 0 Å². The Hall–Kier alpha value is -0.640. The van der Waals surface area contributed by atoms with Crippen LogP contribution in [0.3, 0.4) is 0 Å². The van der Waals surface area contributed by atoms with Gasteiger partial charge in [0.05, 0.1) is 19.8 Å². The quantitative estimate of drug-likeness (QED) is 0.146. The van der Waals surface area contributed by atoms with Crippen LogP contribution in [0.25, 0.3) is 0 Å². The number of aliphatic hydroxyl groups is 11. The van der Waals surface area contributed by atoms with Crippen molar-refractivity contribution in [3.05, 3.63) is 0 Å². The van der Waals surface area contributed by atoms with E-state index in [-0.39, 0.29) is 0 Å². The molecule has 0 amide bonds. The number of aliphatic hydroxyl groups excluding tert-OH is 11. The highest BCUT2D eigenvalue weighted by Gasteiger charge is 2.59. The van der Waals surface area contributed by atoms with Crippen LogP contribution in [0.1, 0.15) is 0 Å². The average molecular weight is 504 g/mol. The fourth-order valence-electron chi connectivity index (χ4n) is 4.02. The van der Waals surface area contributed by atoms with E-state index in [4.69, 9.17) is 23.7 Å². The van der Waals surface area contributed by atoms with Crippen molar-refractivity contribution in [2.24, 2.45) is 0 Å². The van der Waals surface area contributed by atoms with E-state index in [0.717, 1.165) is 0 Å². The van der Waals surface area contributed by atoms with Crippen molar-refractivity contribution in [1.29, 1.82) is 0 Å². The first-order chi connectivity index (χ1) is 16.0. The van der Waals surface area contributed by atoms with Crippen LogP contribution in [-0.4, -0.2) is 168 Å². The number of hydrogen-bond donors (Lipinski definition) is 11. The summed E-state index contributed by atoms with van der Waals surface area (Å²) < 4.78 is 26.8. The molecule has 0 aromatic rings. The van der Waals surface area contributed by atoms with Crippen molar-refractivity contribution in [3.63, 3.8) is 0 Å². The summed E-state index contributed by atoms with van der Waals surface area (Å²) in [4.78, 5) is 0. The maximum atomic E-state index is 10.6. The summed E-state index contributed by atoms with van der Waals surface area (Å²) >= 11 is 0. The van der Waals surface area contributed by atoms with Gasteiger partial charge in [0.1, 0.15) is 73.8 Å². The van der Waals surface area contributed by atoms with Gasteiger partial charge in [-0.1, -0.05) is 0 Å². The maximum Gasteiger partial charge on any atom is 0.224 e. The SMILES string of the molecule is OC[C@H]1O[C@@](CO[C@@H]2O[C@H](CO)[C@@H](O)[C@H](O)[C@H]2O)(O[C@H]2O[C@H](CO)[C@@H](O)[C@H](O)[C@H]2O)[C@@H](O)[C@@H]1O. The van der Waals surface area contributed by atoms with Gasteiger partial charge in [-0.25, -0.2) is 0 Å². The lowest BCUT2D eigenvalue weighted by Gasteiger charge is -2.44. The minimum atomic E-state index is -2.43. The number of rotatable bonds is 8. The second kappa shape index (κ2) is 11.2. The van der Waals surface area contributed by atoms with Crippen molar-refractivity contribution in [2.45, 2.75) is 85.5 Å². The second-order valence-electron chi connectivity index (χ2n) is 8.41. The molecule has 0 bridgehead atoms. The first-order valence-corrected chi connectivity index (χ1v) is 10.6. The predicted octanol–water partition coefficient (Wildman–Crippen LogP) is -7.57. The van der Waals surface area contributed by atoms with E-state index in [1.807, 2.05) is 0 Å². The molecule has 16 heteroatoms. The van der Waals surface area contributed by atoms with Crippen molar-refractivity contribution in [1.82, 2.24) is 0 Å². The topological polar surface area (TPSA) is 269 Å². The normalized spacial score (nSPS) is 52.1. The third kappa shape index (κ3) is 5.09. The van der Waals surface area contributed by atoms with E-state index in [1.165, 1.54) is 0 Å². The smallest absolute Gasteiger partial charge is 0.224 e. The third-order valence-electron chi connectivity index (χ3n) is 6.15. The highest BCUT2D eigenvalue weighted by molar-refractivity contribution is 4.99. The molecule has 0 aliphatic carbocycles. The average Bonchev–Trinajstić information content (AvgIpc) is 3.07. The van der Waals surface area contributed by atoms with E-state index in [0.29, 0.717) is 0 Å². The molecule has 0 spiro atoms. The van der Waals surface area contributed by atoms with Crippen molar-refractivity contribution >= 4 is 0 Å². The van der Waals surface area contributed by atoms with Crippen molar-refractivity contribution in [2.75, 3.05) is 26.4 Å². The largest absolute Gasteiger partial charge is 0.394 e. The molecule has 0 radical (unpaired) electrons. The predicted molar refractivity (Wildman–Crippen MR) is 101 cm³/mol. The molecular weight excluding hydrogens is 472 g/mol. The van der Waals surface area contributed by atoms with Crippen LogP contribution in [-0.2, 0) is 23.7 Å². The van der Waals surface area contributed by atoms with Crippen LogP contribution < -0.4 is 0 Å². The molecule has 3 aliphatic rings. The Bertz CT molecular complexity index is 651. The van der Waals surface area contributed by atoms with E-state index >= 15 is 0 Å². The molecule has 0 aromatic carbocycles. The molecule has 0 saturated carbocycles. The van der Waals surface area contributed by atoms with E-state index in [2.05, 4.69) is 0 Å². The van der Waals surface area contributed by atoms with Crippen LogP contribution in [0, 0.1) is 0 Å². The molecule has 16 nitrogen and oxygen atoms in total. The fourth-order valence-corrected chi connectivity index (χ4v) is 4.02. The van der Waals surface area contributed by atoms with Gasteiger partial charge in [-0.05, 0) is 0 Å². The van der Waals surface area contributed by atoms with Gasteiger partial charge in [-0.3, -0.25) is 0 Å². The van der Waals surface area contributed by atoms with E-state index in [1.54, 1.807) is 0 Å². The van der Waals surface area contributed by atoms with Gasteiger partial charge in [-0.15, -0.1) is 0 Å². The van der Waals surface area contributed by atoms with Gasteiger partial charge < -0.3 is 79.9 Å². The Morgan fingerprint density at radius 2 is 1.03 bits per heavy atom. The van der Waals surface area contributed by atoms with E-state index in [9.17, 15) is 56.2 Å². The summed E-state index contributed by atoms with van der Waals surface area (Å²) in [6.07, 6.45) is -22.2. The van der Waals surface area contributed by atoms with Crippen LogP contribution >= 0.6 is 0 Å². The molecule has 11 N–H and O–H groups in total. The molecule has 0 aromatic heterocycles. The maximum absolute atomic E-state index is 10.6. The summed E-state index contributed by atoms with van der Waals surface area (Å²) in [6.45, 7) is -3.23. The molecule has 3 aliphatic heterocycles. The Kier molecular flexibility index (Phi) is 9.18. The Morgan fingerprint density at radius 1 is 0.559 bits per heavy atom. The standard InChI is InChI=1S/C18H32O16/c19-1-5-8(22)11(25)13(27)16(31-5)30-4-18(15(29)10(24)7(3-21)33-18)34-17-14(28)12(26)9(23)6(2-20)32-17/h5-17,19-29H,1-4H2/t5-,6-,7-,8-,9-,10-,11+,12+,13-,14-,15+,16-,17-,18+/m1/s1. The minimum Gasteiger partial charge on any atom is -0.394 e. The minimum absolute atomic E-state index is 0.748. The summed E-state index contributed by atoms with van der Waals surface area (Å²) in [5, 5.41) is 109. The van der Waals surface area contributed by atoms with Gasteiger partial charge >= 0.3 is 0 Å². The first-order valence-electron chi connectivity index (χ1n) is 10.6. The lowest BCUT2D eigenvalue weighted by atomic mass is 9.98. The molecule has 3 fully saturated rings. The summed E-state index contributed by atoms with van der Waals surface area (Å²) in [5.74, 6) is -2.43. The monoisotopic (exact) mass is 504 g/mol. The van der Waals surface area contributed by atoms with Crippen molar-refractivity contribution in [3.8, 4) is 0 Å². The number of hydrogen-bond acceptors (Lipinski definition) is 16. The van der Waals surface area contributed by atoms with Crippen LogP contribution in [0.2, 0.25) is 0 Å². The second-order valence-corrected chi connectivity index (χ2v) is 8.41.